The molecule has 2 aromatic heterocycles. The molecular formula is C20H20ClN5O2. The van der Waals surface area contributed by atoms with Crippen LogP contribution >= 0.6 is 11.6 Å². The Morgan fingerprint density at radius 1 is 1.36 bits per heavy atom. The molecule has 1 saturated heterocycles. The maximum absolute atomic E-state index is 12.0. The molecule has 0 spiro atoms. The lowest BCUT2D eigenvalue weighted by Crippen LogP contribution is -2.27. The van der Waals surface area contributed by atoms with E-state index in [2.05, 4.69) is 16.5 Å². The van der Waals surface area contributed by atoms with Crippen molar-refractivity contribution in [3.05, 3.63) is 48.3 Å². The zero-order valence-corrected chi connectivity index (χ0v) is 16.2. The lowest BCUT2D eigenvalue weighted by atomic mass is 10.1. The summed E-state index contributed by atoms with van der Waals surface area (Å²) in [7, 11) is 1.62. The van der Waals surface area contributed by atoms with Crippen LogP contribution in [0.15, 0.2) is 43.2 Å². The number of amides is 1. The quantitative estimate of drug-likeness (QED) is 0.682. The van der Waals surface area contributed by atoms with Crippen LogP contribution in [0.4, 0.5) is 5.82 Å². The number of fused-ring (bicyclic) bond motifs is 1. The fraction of sp³-hybridized carbons (Fsp3) is 0.250. The first-order chi connectivity index (χ1) is 13.5. The van der Waals surface area contributed by atoms with Crippen molar-refractivity contribution >= 4 is 34.4 Å². The molecule has 4 rings (SSSR count). The van der Waals surface area contributed by atoms with Gasteiger partial charge in [0, 0.05) is 18.1 Å². The van der Waals surface area contributed by atoms with E-state index in [0.717, 1.165) is 22.9 Å². The van der Waals surface area contributed by atoms with Gasteiger partial charge in [0.25, 0.3) is 0 Å². The number of halogens is 1. The molecular weight excluding hydrogens is 378 g/mol. The fourth-order valence-electron chi connectivity index (χ4n) is 3.84. The molecule has 0 radical (unpaired) electrons. The summed E-state index contributed by atoms with van der Waals surface area (Å²) in [5.41, 5.74) is 8.65. The minimum Gasteiger partial charge on any atom is -0.482 e. The van der Waals surface area contributed by atoms with Gasteiger partial charge in [-0.2, -0.15) is 0 Å². The second kappa shape index (κ2) is 7.16. The van der Waals surface area contributed by atoms with Gasteiger partial charge >= 0.3 is 0 Å². The Bertz CT molecular complexity index is 1060. The van der Waals surface area contributed by atoms with Crippen molar-refractivity contribution in [1.29, 1.82) is 0 Å². The number of ether oxygens (including phenoxy) is 1. The summed E-state index contributed by atoms with van der Waals surface area (Å²) >= 11 is 6.06. The highest BCUT2D eigenvalue weighted by Crippen LogP contribution is 2.44. The molecule has 3 aromatic rings. The average Bonchev–Trinajstić information content (AvgIpc) is 3.31. The summed E-state index contributed by atoms with van der Waals surface area (Å²) in [4.78, 5) is 22.5. The van der Waals surface area contributed by atoms with Crippen LogP contribution in [0.5, 0.6) is 5.88 Å². The molecule has 3 heterocycles. The number of benzene rings is 1. The second-order valence-electron chi connectivity index (χ2n) is 6.65. The number of aromatic nitrogens is 3. The van der Waals surface area contributed by atoms with Crippen LogP contribution < -0.4 is 10.5 Å². The number of rotatable bonds is 4. The van der Waals surface area contributed by atoms with Crippen LogP contribution in [-0.2, 0) is 4.79 Å². The highest BCUT2D eigenvalue weighted by atomic mass is 35.5. The molecule has 1 fully saturated rings. The number of carbonyl (C=O) groups excluding carboxylic acids is 1. The van der Waals surface area contributed by atoms with Crippen molar-refractivity contribution in [3.8, 4) is 17.0 Å². The Morgan fingerprint density at radius 2 is 2.11 bits per heavy atom. The van der Waals surface area contributed by atoms with E-state index in [0.29, 0.717) is 35.5 Å². The molecule has 0 saturated carbocycles. The zero-order valence-electron chi connectivity index (χ0n) is 15.4. The number of likely N-dealkylation sites (tertiary alicyclic amines) is 1. The molecule has 1 amide bonds. The van der Waals surface area contributed by atoms with Gasteiger partial charge in [0.2, 0.25) is 11.8 Å². The molecule has 7 nitrogen and oxygen atoms in total. The minimum atomic E-state index is -0.0787. The third-order valence-electron chi connectivity index (χ3n) is 5.11. The Morgan fingerprint density at radius 3 is 2.79 bits per heavy atom. The maximum atomic E-state index is 12.0. The summed E-state index contributed by atoms with van der Waals surface area (Å²) in [5.74, 6) is 0.941. The summed E-state index contributed by atoms with van der Waals surface area (Å²) < 4.78 is 7.84. The number of hydrogen-bond donors (Lipinski definition) is 1. The summed E-state index contributed by atoms with van der Waals surface area (Å²) in [6.07, 6.45) is 3.57. The van der Waals surface area contributed by atoms with Crippen molar-refractivity contribution in [1.82, 2.24) is 19.4 Å². The maximum Gasteiger partial charge on any atom is 0.246 e. The Labute approximate surface area is 167 Å². The van der Waals surface area contributed by atoms with E-state index in [-0.39, 0.29) is 11.9 Å². The molecule has 0 aliphatic carbocycles. The van der Waals surface area contributed by atoms with Crippen LogP contribution in [0.3, 0.4) is 0 Å². The molecule has 1 aromatic carbocycles. The topological polar surface area (TPSA) is 86.3 Å². The SMILES string of the molecule is C=CC(=O)N1CC[C@@H](n2c(OC)c(-c3ccc(Cl)cc3)c3c(N)ncnc32)C1. The van der Waals surface area contributed by atoms with E-state index < -0.39 is 0 Å². The average molecular weight is 398 g/mol. The van der Waals surface area contributed by atoms with Crippen LogP contribution in [0.2, 0.25) is 5.02 Å². The van der Waals surface area contributed by atoms with Gasteiger partial charge in [-0.1, -0.05) is 30.3 Å². The van der Waals surface area contributed by atoms with E-state index in [1.54, 1.807) is 12.0 Å². The first kappa shape index (κ1) is 18.3. The van der Waals surface area contributed by atoms with E-state index in [4.69, 9.17) is 22.1 Å². The summed E-state index contributed by atoms with van der Waals surface area (Å²) in [6.45, 7) is 4.78. The molecule has 2 N–H and O–H groups in total. The number of nitrogen functional groups attached to an aromatic ring is 1. The van der Waals surface area contributed by atoms with E-state index in [1.165, 1.54) is 12.4 Å². The van der Waals surface area contributed by atoms with Crippen LogP contribution in [0.1, 0.15) is 12.5 Å². The van der Waals surface area contributed by atoms with Crippen molar-refractivity contribution in [2.45, 2.75) is 12.5 Å². The predicted octanol–water partition coefficient (Wildman–Crippen LogP) is 3.30. The van der Waals surface area contributed by atoms with E-state index in [9.17, 15) is 4.79 Å². The third-order valence-corrected chi connectivity index (χ3v) is 5.36. The van der Waals surface area contributed by atoms with Crippen LogP contribution in [0.25, 0.3) is 22.2 Å². The number of carbonyl (C=O) groups is 1. The number of anilines is 1. The van der Waals surface area contributed by atoms with Crippen molar-refractivity contribution in [2.24, 2.45) is 0 Å². The first-order valence-corrected chi connectivity index (χ1v) is 9.28. The Kier molecular flexibility index (Phi) is 4.68. The molecule has 1 aliphatic rings. The molecule has 0 unspecified atom stereocenters. The predicted molar refractivity (Wildman–Crippen MR) is 109 cm³/mol. The minimum absolute atomic E-state index is 0.0108. The molecule has 1 aliphatic heterocycles. The lowest BCUT2D eigenvalue weighted by molar-refractivity contribution is -0.125. The monoisotopic (exact) mass is 397 g/mol. The van der Waals surface area contributed by atoms with Crippen molar-refractivity contribution in [2.75, 3.05) is 25.9 Å². The lowest BCUT2D eigenvalue weighted by Gasteiger charge is -2.18. The largest absolute Gasteiger partial charge is 0.482 e. The van der Waals surface area contributed by atoms with Gasteiger partial charge in [0.15, 0.2) is 0 Å². The third kappa shape index (κ3) is 2.88. The van der Waals surface area contributed by atoms with Gasteiger partial charge in [-0.15, -0.1) is 0 Å². The van der Waals surface area contributed by atoms with Gasteiger partial charge in [-0.25, -0.2) is 9.97 Å². The smallest absolute Gasteiger partial charge is 0.246 e. The molecule has 1 atom stereocenters. The highest BCUT2D eigenvalue weighted by molar-refractivity contribution is 6.30. The molecule has 28 heavy (non-hydrogen) atoms. The highest BCUT2D eigenvalue weighted by Gasteiger charge is 2.32. The Balaban J connectivity index is 1.93. The van der Waals surface area contributed by atoms with Crippen molar-refractivity contribution < 1.29 is 9.53 Å². The van der Waals surface area contributed by atoms with Crippen LogP contribution in [-0.4, -0.2) is 45.5 Å². The van der Waals surface area contributed by atoms with Gasteiger partial charge in [-0.3, -0.25) is 9.36 Å². The van der Waals surface area contributed by atoms with E-state index in [1.807, 2.05) is 28.8 Å². The molecule has 0 bridgehead atoms. The molecule has 8 heteroatoms. The van der Waals surface area contributed by atoms with Gasteiger partial charge < -0.3 is 15.4 Å². The first-order valence-electron chi connectivity index (χ1n) is 8.90. The van der Waals surface area contributed by atoms with E-state index >= 15 is 0 Å². The number of nitrogens with two attached hydrogens (primary N) is 1. The zero-order chi connectivity index (χ0) is 19.8. The van der Waals surface area contributed by atoms with Crippen molar-refractivity contribution in [3.63, 3.8) is 0 Å². The normalized spacial score (nSPS) is 16.5. The molecule has 144 valence electrons. The fourth-order valence-corrected chi connectivity index (χ4v) is 3.97. The van der Waals surface area contributed by atoms with Gasteiger partial charge in [-0.05, 0) is 30.2 Å². The second-order valence-corrected chi connectivity index (χ2v) is 7.09. The standard InChI is InChI=1S/C20H20ClN5O2/c1-3-15(27)25-9-8-14(10-25)26-19-17(18(22)23-11-24-19)16(20(26)28-2)12-4-6-13(21)7-5-12/h3-7,11,14H,1,8-10H2,2H3,(H2,22,23,24)/t14-/m1/s1. The number of nitrogens with zero attached hydrogens (tertiary/aromatic N) is 4. The summed E-state index contributed by atoms with van der Waals surface area (Å²) in [6, 6.07) is 7.48. The number of hydrogen-bond acceptors (Lipinski definition) is 5. The summed E-state index contributed by atoms with van der Waals surface area (Å²) in [5, 5.41) is 1.38. The van der Waals surface area contributed by atoms with Crippen LogP contribution in [0, 0.1) is 0 Å². The Hall–Kier alpha value is -3.06. The van der Waals surface area contributed by atoms with Gasteiger partial charge in [0.05, 0.1) is 24.1 Å². The number of methoxy groups -OCH3 is 1. The van der Waals surface area contributed by atoms with Gasteiger partial charge in [0.1, 0.15) is 17.8 Å².